The number of benzene rings is 4. The molecule has 0 unspecified atom stereocenters. The highest BCUT2D eigenvalue weighted by Crippen LogP contribution is 2.33. The van der Waals surface area contributed by atoms with Gasteiger partial charge in [0.1, 0.15) is 0 Å². The molecule has 4 rings (SSSR count). The second kappa shape index (κ2) is 7.59. The van der Waals surface area contributed by atoms with Gasteiger partial charge in [-0.2, -0.15) is 13.2 Å². The molecule has 0 amide bonds. The first kappa shape index (κ1) is 19.0. The van der Waals surface area contributed by atoms with Crippen LogP contribution in [0, 0.1) is 6.92 Å². The molecule has 0 bridgehead atoms. The Kier molecular flexibility index (Phi) is 4.98. The van der Waals surface area contributed by atoms with Crippen LogP contribution in [0.3, 0.4) is 0 Å². The highest BCUT2D eigenvalue weighted by molar-refractivity contribution is 5.77. The molecule has 29 heavy (non-hydrogen) atoms. The number of hydrogen-bond donors (Lipinski definition) is 0. The van der Waals surface area contributed by atoms with Gasteiger partial charge in [0.15, 0.2) is 0 Å². The maximum Gasteiger partial charge on any atom is 0.416 e. The number of hydrogen-bond acceptors (Lipinski definition) is 0. The Morgan fingerprint density at radius 3 is 1.34 bits per heavy atom. The average molecular weight is 388 g/mol. The predicted molar refractivity (Wildman–Crippen MR) is 112 cm³/mol. The molecule has 3 heteroatoms. The summed E-state index contributed by atoms with van der Waals surface area (Å²) in [4.78, 5) is 0. The van der Waals surface area contributed by atoms with Crippen molar-refractivity contribution >= 4 is 0 Å². The Hall–Kier alpha value is -3.33. The van der Waals surface area contributed by atoms with Crippen molar-refractivity contribution in [2.24, 2.45) is 0 Å². The summed E-state index contributed by atoms with van der Waals surface area (Å²) in [6.45, 7) is 2.07. The van der Waals surface area contributed by atoms with Gasteiger partial charge in [0.25, 0.3) is 0 Å². The van der Waals surface area contributed by atoms with Crippen LogP contribution in [0.5, 0.6) is 0 Å². The molecule has 0 fully saturated rings. The van der Waals surface area contributed by atoms with Crippen LogP contribution < -0.4 is 0 Å². The van der Waals surface area contributed by atoms with E-state index in [4.69, 9.17) is 0 Å². The Morgan fingerprint density at radius 2 is 0.897 bits per heavy atom. The van der Waals surface area contributed by atoms with Gasteiger partial charge in [0.05, 0.1) is 5.56 Å². The van der Waals surface area contributed by atoms with Crippen LogP contribution in [-0.4, -0.2) is 0 Å². The molecule has 0 atom stereocenters. The third-order valence-electron chi connectivity index (χ3n) is 4.96. The zero-order chi connectivity index (χ0) is 20.4. The van der Waals surface area contributed by atoms with Crippen molar-refractivity contribution in [1.82, 2.24) is 0 Å². The molecular weight excluding hydrogens is 369 g/mol. The van der Waals surface area contributed by atoms with Gasteiger partial charge in [-0.1, -0.05) is 78.4 Å². The van der Waals surface area contributed by atoms with Crippen molar-refractivity contribution in [3.63, 3.8) is 0 Å². The lowest BCUT2D eigenvalue weighted by molar-refractivity contribution is -0.137. The van der Waals surface area contributed by atoms with E-state index in [1.165, 1.54) is 17.7 Å². The maximum atomic E-state index is 12.8. The fourth-order valence-electron chi connectivity index (χ4n) is 3.43. The van der Waals surface area contributed by atoms with Crippen LogP contribution in [0.4, 0.5) is 13.2 Å². The van der Waals surface area contributed by atoms with Crippen molar-refractivity contribution in [2.45, 2.75) is 13.1 Å². The lowest BCUT2D eigenvalue weighted by atomic mass is 9.95. The fourth-order valence-corrected chi connectivity index (χ4v) is 3.43. The van der Waals surface area contributed by atoms with Gasteiger partial charge in [0.2, 0.25) is 0 Å². The standard InChI is InChI=1S/C26H19F3/c1-18-5-2-6-20(15-18)22-8-4-10-24(17-22)23-9-3-7-21(16-23)19-11-13-25(14-12-19)26(27,28)29/h2-17H,1H3. The van der Waals surface area contributed by atoms with Crippen molar-refractivity contribution < 1.29 is 13.2 Å². The highest BCUT2D eigenvalue weighted by atomic mass is 19.4. The lowest BCUT2D eigenvalue weighted by Crippen LogP contribution is -2.03. The molecule has 0 radical (unpaired) electrons. The van der Waals surface area contributed by atoms with E-state index in [1.54, 1.807) is 0 Å². The maximum absolute atomic E-state index is 12.8. The molecule has 0 saturated heterocycles. The summed E-state index contributed by atoms with van der Waals surface area (Å²) in [5, 5.41) is 0. The van der Waals surface area contributed by atoms with Crippen LogP contribution in [0.1, 0.15) is 11.1 Å². The van der Waals surface area contributed by atoms with Crippen LogP contribution in [-0.2, 0) is 6.18 Å². The molecule has 0 aliphatic carbocycles. The number of aryl methyl sites for hydroxylation is 1. The third-order valence-corrected chi connectivity index (χ3v) is 4.96. The third kappa shape index (κ3) is 4.24. The van der Waals surface area contributed by atoms with Crippen molar-refractivity contribution in [1.29, 1.82) is 0 Å². The van der Waals surface area contributed by atoms with E-state index in [0.29, 0.717) is 0 Å². The smallest absolute Gasteiger partial charge is 0.166 e. The normalized spacial score (nSPS) is 11.4. The molecule has 4 aromatic carbocycles. The lowest BCUT2D eigenvalue weighted by Gasteiger charge is -2.10. The van der Waals surface area contributed by atoms with Gasteiger partial charge in [-0.25, -0.2) is 0 Å². The highest BCUT2D eigenvalue weighted by Gasteiger charge is 2.29. The Morgan fingerprint density at radius 1 is 0.483 bits per heavy atom. The van der Waals surface area contributed by atoms with E-state index in [0.717, 1.165) is 45.5 Å². The molecule has 0 spiro atoms. The second-order valence-corrected chi connectivity index (χ2v) is 7.11. The van der Waals surface area contributed by atoms with E-state index >= 15 is 0 Å². The molecule has 144 valence electrons. The Bertz CT molecular complexity index is 1140. The van der Waals surface area contributed by atoms with Crippen LogP contribution in [0.2, 0.25) is 0 Å². The van der Waals surface area contributed by atoms with E-state index in [-0.39, 0.29) is 0 Å². The molecule has 0 nitrogen and oxygen atoms in total. The zero-order valence-corrected chi connectivity index (χ0v) is 15.9. The van der Waals surface area contributed by atoms with E-state index in [2.05, 4.69) is 37.3 Å². The minimum Gasteiger partial charge on any atom is -0.166 e. The first-order valence-corrected chi connectivity index (χ1v) is 9.35. The van der Waals surface area contributed by atoms with E-state index in [9.17, 15) is 13.2 Å². The molecule has 0 aromatic heterocycles. The van der Waals surface area contributed by atoms with Gasteiger partial charge in [0, 0.05) is 0 Å². The summed E-state index contributed by atoms with van der Waals surface area (Å²) in [7, 11) is 0. The van der Waals surface area contributed by atoms with Crippen LogP contribution in [0.25, 0.3) is 33.4 Å². The fraction of sp³-hybridized carbons (Fsp3) is 0.0769. The molecular formula is C26H19F3. The largest absolute Gasteiger partial charge is 0.416 e. The summed E-state index contributed by atoms with van der Waals surface area (Å²) >= 11 is 0. The van der Waals surface area contributed by atoms with Gasteiger partial charge >= 0.3 is 6.18 Å². The van der Waals surface area contributed by atoms with E-state index < -0.39 is 11.7 Å². The number of halogens is 3. The predicted octanol–water partition coefficient (Wildman–Crippen LogP) is 8.01. The average Bonchev–Trinajstić information content (AvgIpc) is 2.73. The van der Waals surface area contributed by atoms with Crippen molar-refractivity contribution in [2.75, 3.05) is 0 Å². The Labute approximate surface area is 168 Å². The summed E-state index contributed by atoms with van der Waals surface area (Å²) in [6.07, 6.45) is -4.32. The Balaban J connectivity index is 1.68. The summed E-state index contributed by atoms with van der Waals surface area (Å²) in [5.41, 5.74) is 6.60. The molecule has 0 N–H and O–H groups in total. The minimum absolute atomic E-state index is 0.636. The summed E-state index contributed by atoms with van der Waals surface area (Å²) < 4.78 is 38.4. The SMILES string of the molecule is Cc1cccc(-c2cccc(-c3cccc(-c4ccc(C(F)(F)F)cc4)c3)c2)c1. The van der Waals surface area contributed by atoms with Crippen molar-refractivity contribution in [3.8, 4) is 33.4 Å². The summed E-state index contributed by atoms with van der Waals surface area (Å²) in [5.74, 6) is 0. The molecule has 0 heterocycles. The van der Waals surface area contributed by atoms with Gasteiger partial charge in [-0.15, -0.1) is 0 Å². The van der Waals surface area contributed by atoms with E-state index in [1.807, 2.05) is 42.5 Å². The monoisotopic (exact) mass is 388 g/mol. The first-order chi connectivity index (χ1) is 13.9. The minimum atomic E-state index is -4.32. The second-order valence-electron chi connectivity index (χ2n) is 7.11. The first-order valence-electron chi connectivity index (χ1n) is 9.35. The summed E-state index contributed by atoms with van der Waals surface area (Å²) in [6, 6.07) is 29.8. The molecule has 0 aliphatic rings. The zero-order valence-electron chi connectivity index (χ0n) is 15.9. The van der Waals surface area contributed by atoms with Gasteiger partial charge in [-0.05, 0) is 64.6 Å². The number of alkyl halides is 3. The van der Waals surface area contributed by atoms with Gasteiger partial charge in [-0.3, -0.25) is 0 Å². The number of rotatable bonds is 3. The topological polar surface area (TPSA) is 0 Å². The molecule has 0 saturated carbocycles. The van der Waals surface area contributed by atoms with Gasteiger partial charge < -0.3 is 0 Å². The van der Waals surface area contributed by atoms with Crippen LogP contribution >= 0.6 is 0 Å². The molecule has 4 aromatic rings. The van der Waals surface area contributed by atoms with Crippen LogP contribution in [0.15, 0.2) is 97.1 Å². The van der Waals surface area contributed by atoms with Crippen molar-refractivity contribution in [3.05, 3.63) is 108 Å². The quantitative estimate of drug-likeness (QED) is 0.333. The molecule has 0 aliphatic heterocycles.